The van der Waals surface area contributed by atoms with Crippen molar-refractivity contribution in [2.75, 3.05) is 5.32 Å². The Morgan fingerprint density at radius 1 is 1.29 bits per heavy atom. The maximum atomic E-state index is 10.9. The maximum absolute atomic E-state index is 10.9. The van der Waals surface area contributed by atoms with E-state index >= 15 is 0 Å². The summed E-state index contributed by atoms with van der Waals surface area (Å²) in [7, 11) is 0. The average molecular weight is 282 g/mol. The third kappa shape index (κ3) is 3.34. The molecule has 0 spiro atoms. The summed E-state index contributed by atoms with van der Waals surface area (Å²) in [5.74, 6) is -0.0863. The minimum Gasteiger partial charge on any atom is -0.478 e. The molecule has 0 radical (unpaired) electrons. The molecule has 0 saturated carbocycles. The molecule has 0 bridgehead atoms. The van der Waals surface area contributed by atoms with Crippen LogP contribution in [0.25, 0.3) is 0 Å². The van der Waals surface area contributed by atoms with Crippen LogP contribution in [-0.4, -0.2) is 21.0 Å². The molecule has 0 amide bonds. The second-order valence-corrected chi connectivity index (χ2v) is 5.03. The zero-order valence-corrected chi connectivity index (χ0v) is 11.7. The zero-order valence-electron chi connectivity index (χ0n) is 11.7. The maximum Gasteiger partial charge on any atom is 0.335 e. The van der Waals surface area contributed by atoms with Gasteiger partial charge in [0.15, 0.2) is 0 Å². The van der Waals surface area contributed by atoms with Crippen molar-refractivity contribution in [3.05, 3.63) is 47.8 Å². The number of nitrogens with one attached hydrogen (secondary N) is 1. The molecule has 0 aliphatic carbocycles. The normalized spacial score (nSPS) is 10.7. The van der Waals surface area contributed by atoms with Crippen LogP contribution in [0.2, 0.25) is 0 Å². The van der Waals surface area contributed by atoms with E-state index in [1.807, 2.05) is 13.8 Å². The van der Waals surface area contributed by atoms with E-state index in [2.05, 4.69) is 21.4 Å². The average Bonchev–Trinajstić information content (AvgIpc) is 2.48. The van der Waals surface area contributed by atoms with E-state index < -0.39 is 11.4 Å². The number of anilines is 2. The summed E-state index contributed by atoms with van der Waals surface area (Å²) in [6, 6.07) is 8.58. The van der Waals surface area contributed by atoms with Crippen molar-refractivity contribution in [3.8, 4) is 6.07 Å². The van der Waals surface area contributed by atoms with Crippen molar-refractivity contribution in [1.82, 2.24) is 9.97 Å². The van der Waals surface area contributed by atoms with E-state index in [0.29, 0.717) is 11.6 Å². The summed E-state index contributed by atoms with van der Waals surface area (Å²) in [5, 5.41) is 20.9. The Labute approximate surface area is 122 Å². The van der Waals surface area contributed by atoms with Crippen molar-refractivity contribution in [2.24, 2.45) is 0 Å². The van der Waals surface area contributed by atoms with Gasteiger partial charge in [-0.1, -0.05) is 6.07 Å². The van der Waals surface area contributed by atoms with Crippen LogP contribution in [0, 0.1) is 11.3 Å². The third-order valence-electron chi connectivity index (χ3n) is 3.03. The fourth-order valence-electron chi connectivity index (χ4n) is 1.67. The number of aromatic nitrogens is 2. The number of rotatable bonds is 4. The van der Waals surface area contributed by atoms with Crippen molar-refractivity contribution >= 4 is 17.6 Å². The largest absolute Gasteiger partial charge is 0.478 e. The Morgan fingerprint density at radius 2 is 2.05 bits per heavy atom. The smallest absolute Gasteiger partial charge is 0.335 e. The van der Waals surface area contributed by atoms with Gasteiger partial charge in [0, 0.05) is 12.4 Å². The Bertz CT molecular complexity index is 702. The Morgan fingerprint density at radius 3 is 2.62 bits per heavy atom. The molecule has 2 aromatic heterocycles. The number of carboxylic acid groups (broad SMARTS) is 1. The molecule has 2 aromatic rings. The van der Waals surface area contributed by atoms with E-state index in [1.54, 1.807) is 18.3 Å². The molecule has 0 saturated heterocycles. The van der Waals surface area contributed by atoms with E-state index in [0.717, 1.165) is 5.56 Å². The van der Waals surface area contributed by atoms with Crippen LogP contribution in [0.5, 0.6) is 0 Å². The number of pyridine rings is 2. The summed E-state index contributed by atoms with van der Waals surface area (Å²) in [6.07, 6.45) is 3.03. The minimum absolute atomic E-state index is 0.148. The Hall–Kier alpha value is -2.94. The van der Waals surface area contributed by atoms with E-state index in [4.69, 9.17) is 10.4 Å². The molecule has 2 rings (SSSR count). The van der Waals surface area contributed by atoms with Gasteiger partial charge in [0.2, 0.25) is 0 Å². The third-order valence-corrected chi connectivity index (χ3v) is 3.03. The van der Waals surface area contributed by atoms with Gasteiger partial charge >= 0.3 is 5.97 Å². The van der Waals surface area contributed by atoms with E-state index in [1.165, 1.54) is 18.3 Å². The first-order chi connectivity index (χ1) is 9.92. The van der Waals surface area contributed by atoms with Gasteiger partial charge < -0.3 is 10.4 Å². The number of nitrogens with zero attached hydrogens (tertiary/aromatic N) is 3. The first-order valence-electron chi connectivity index (χ1n) is 6.26. The van der Waals surface area contributed by atoms with Crippen molar-refractivity contribution in [2.45, 2.75) is 19.3 Å². The SMILES string of the molecule is CC(C)(C#N)c1ccc(Nc2cc(C(=O)O)ccn2)nc1. The lowest BCUT2D eigenvalue weighted by molar-refractivity contribution is 0.0697. The highest BCUT2D eigenvalue weighted by molar-refractivity contribution is 5.88. The van der Waals surface area contributed by atoms with Crippen LogP contribution >= 0.6 is 0 Å². The molecule has 0 fully saturated rings. The number of carbonyl (C=O) groups is 1. The number of aromatic carboxylic acids is 1. The molecular weight excluding hydrogens is 268 g/mol. The number of hydrogen-bond acceptors (Lipinski definition) is 5. The molecule has 2 N–H and O–H groups in total. The van der Waals surface area contributed by atoms with Crippen molar-refractivity contribution in [3.63, 3.8) is 0 Å². The highest BCUT2D eigenvalue weighted by Crippen LogP contribution is 2.22. The Balaban J connectivity index is 2.20. The highest BCUT2D eigenvalue weighted by atomic mass is 16.4. The van der Waals surface area contributed by atoms with Gasteiger partial charge in [-0.15, -0.1) is 0 Å². The fourth-order valence-corrected chi connectivity index (χ4v) is 1.67. The number of nitriles is 1. The molecule has 0 aliphatic heterocycles. The molecule has 6 nitrogen and oxygen atoms in total. The lowest BCUT2D eigenvalue weighted by Gasteiger charge is -2.15. The topological polar surface area (TPSA) is 98.9 Å². The lowest BCUT2D eigenvalue weighted by atomic mass is 9.88. The predicted molar refractivity (Wildman–Crippen MR) is 77.4 cm³/mol. The van der Waals surface area contributed by atoms with Gasteiger partial charge in [-0.25, -0.2) is 14.8 Å². The summed E-state index contributed by atoms with van der Waals surface area (Å²) in [5.41, 5.74) is 0.352. The van der Waals surface area contributed by atoms with Crippen LogP contribution in [0.15, 0.2) is 36.7 Å². The molecule has 0 unspecified atom stereocenters. The highest BCUT2D eigenvalue weighted by Gasteiger charge is 2.19. The molecule has 0 aliphatic rings. The van der Waals surface area contributed by atoms with Gasteiger partial charge in [-0.05, 0) is 37.6 Å². The molecule has 2 heterocycles. The standard InChI is InChI=1S/C15H14N4O2/c1-15(2,9-16)11-3-4-12(18-8-11)19-13-7-10(14(20)21)5-6-17-13/h3-8H,1-2H3,(H,20,21)(H,17,18,19). The summed E-state index contributed by atoms with van der Waals surface area (Å²) >= 11 is 0. The number of hydrogen-bond donors (Lipinski definition) is 2. The first-order valence-corrected chi connectivity index (χ1v) is 6.26. The van der Waals surface area contributed by atoms with Crippen LogP contribution in [0.3, 0.4) is 0 Å². The van der Waals surface area contributed by atoms with Gasteiger partial charge in [0.25, 0.3) is 0 Å². The van der Waals surface area contributed by atoms with Crippen LogP contribution in [-0.2, 0) is 5.41 Å². The lowest BCUT2D eigenvalue weighted by Crippen LogP contribution is -2.14. The minimum atomic E-state index is -1.01. The molecular formula is C15H14N4O2. The quantitative estimate of drug-likeness (QED) is 0.894. The summed E-state index contributed by atoms with van der Waals surface area (Å²) < 4.78 is 0. The van der Waals surface area contributed by atoms with Gasteiger partial charge in [0.1, 0.15) is 11.6 Å². The zero-order chi connectivity index (χ0) is 15.5. The summed E-state index contributed by atoms with van der Waals surface area (Å²) in [6.45, 7) is 3.63. The molecule has 106 valence electrons. The van der Waals surface area contributed by atoms with Crippen LogP contribution in [0.4, 0.5) is 11.6 Å². The molecule has 0 aromatic carbocycles. The monoisotopic (exact) mass is 282 g/mol. The van der Waals surface area contributed by atoms with E-state index in [9.17, 15) is 4.79 Å². The second kappa shape index (κ2) is 5.59. The van der Waals surface area contributed by atoms with Gasteiger partial charge in [-0.2, -0.15) is 5.26 Å². The summed E-state index contributed by atoms with van der Waals surface area (Å²) in [4.78, 5) is 19.1. The number of carboxylic acids is 1. The van der Waals surface area contributed by atoms with Crippen LogP contribution in [0.1, 0.15) is 29.8 Å². The predicted octanol–water partition coefficient (Wildman–Crippen LogP) is 2.72. The van der Waals surface area contributed by atoms with E-state index in [-0.39, 0.29) is 5.56 Å². The molecule has 6 heteroatoms. The Kier molecular flexibility index (Phi) is 3.85. The molecule has 21 heavy (non-hydrogen) atoms. The van der Waals surface area contributed by atoms with Gasteiger partial charge in [-0.3, -0.25) is 0 Å². The fraction of sp³-hybridized carbons (Fsp3) is 0.200. The van der Waals surface area contributed by atoms with Gasteiger partial charge in [0.05, 0.1) is 17.0 Å². The van der Waals surface area contributed by atoms with Crippen LogP contribution < -0.4 is 5.32 Å². The van der Waals surface area contributed by atoms with Crippen molar-refractivity contribution < 1.29 is 9.90 Å². The second-order valence-electron chi connectivity index (χ2n) is 5.03. The van der Waals surface area contributed by atoms with Crippen molar-refractivity contribution in [1.29, 1.82) is 5.26 Å². The molecule has 0 atom stereocenters. The first kappa shape index (κ1) is 14.5.